The summed E-state index contributed by atoms with van der Waals surface area (Å²) in [6.45, 7) is 1.67. The highest BCUT2D eigenvalue weighted by molar-refractivity contribution is 9.10. The Morgan fingerprint density at radius 1 is 1.29 bits per heavy atom. The van der Waals surface area contributed by atoms with Gasteiger partial charge in [-0.05, 0) is 19.1 Å². The Balaban J connectivity index is 2.05. The van der Waals surface area contributed by atoms with Crippen LogP contribution in [0.5, 0.6) is 11.6 Å². The molecule has 8 heteroatoms. The largest absolute Gasteiger partial charge is 0.437 e. The third kappa shape index (κ3) is 4.19. The fraction of sp³-hybridized carbons (Fsp3) is 0.154. The summed E-state index contributed by atoms with van der Waals surface area (Å²) in [7, 11) is 0. The van der Waals surface area contributed by atoms with Gasteiger partial charge in [0.25, 0.3) is 0 Å². The van der Waals surface area contributed by atoms with E-state index in [0.29, 0.717) is 0 Å². The molecule has 0 fully saturated rings. The lowest BCUT2D eigenvalue weighted by atomic mass is 10.3. The lowest BCUT2D eigenvalue weighted by molar-refractivity contribution is -0.115. The van der Waals surface area contributed by atoms with Crippen molar-refractivity contribution >= 4 is 27.7 Å². The Labute approximate surface area is 127 Å². The predicted octanol–water partition coefficient (Wildman–Crippen LogP) is 3.27. The SMILES string of the molecule is CC(Br)C(=O)Nc1cnc(Oc2ccc(F)c(F)c2)cn1. The zero-order valence-electron chi connectivity index (χ0n) is 10.8. The Hall–Kier alpha value is -2.09. The molecule has 0 spiro atoms. The topological polar surface area (TPSA) is 64.1 Å². The number of aromatic nitrogens is 2. The number of anilines is 1. The van der Waals surface area contributed by atoms with Crippen LogP contribution in [0.4, 0.5) is 14.6 Å². The van der Waals surface area contributed by atoms with E-state index in [4.69, 9.17) is 4.74 Å². The average Bonchev–Trinajstić information content (AvgIpc) is 2.45. The molecule has 21 heavy (non-hydrogen) atoms. The monoisotopic (exact) mass is 357 g/mol. The molecule has 0 aliphatic heterocycles. The number of carbonyl (C=O) groups is 1. The first-order chi connectivity index (χ1) is 9.95. The van der Waals surface area contributed by atoms with Crippen LogP contribution in [0.25, 0.3) is 0 Å². The average molecular weight is 358 g/mol. The number of hydrogen-bond donors (Lipinski definition) is 1. The van der Waals surface area contributed by atoms with Crippen molar-refractivity contribution in [2.24, 2.45) is 0 Å². The Bertz CT molecular complexity index is 650. The lowest BCUT2D eigenvalue weighted by Gasteiger charge is -2.07. The number of rotatable bonds is 4. The maximum Gasteiger partial charge on any atom is 0.239 e. The van der Waals surface area contributed by atoms with E-state index >= 15 is 0 Å². The molecular weight excluding hydrogens is 348 g/mol. The Morgan fingerprint density at radius 2 is 2.05 bits per heavy atom. The van der Waals surface area contributed by atoms with Crippen molar-refractivity contribution in [1.29, 1.82) is 0 Å². The van der Waals surface area contributed by atoms with Gasteiger partial charge in [-0.1, -0.05) is 15.9 Å². The van der Waals surface area contributed by atoms with E-state index in [0.717, 1.165) is 12.1 Å². The van der Waals surface area contributed by atoms with Crippen molar-refractivity contribution in [3.63, 3.8) is 0 Å². The molecule has 2 rings (SSSR count). The number of amides is 1. The summed E-state index contributed by atoms with van der Waals surface area (Å²) in [6, 6.07) is 3.12. The standard InChI is InChI=1S/C13H10BrF2N3O2/c1-7(14)13(20)19-11-5-18-12(6-17-11)21-8-2-3-9(15)10(16)4-8/h2-7H,1H3,(H,17,19,20). The van der Waals surface area contributed by atoms with Crippen molar-refractivity contribution in [2.75, 3.05) is 5.32 Å². The second-order valence-corrected chi connectivity index (χ2v) is 5.40. The van der Waals surface area contributed by atoms with Crippen LogP contribution < -0.4 is 10.1 Å². The summed E-state index contributed by atoms with van der Waals surface area (Å²) in [5.41, 5.74) is 0. The number of benzene rings is 1. The van der Waals surface area contributed by atoms with E-state index in [1.807, 2.05) is 0 Å². The van der Waals surface area contributed by atoms with Gasteiger partial charge < -0.3 is 10.1 Å². The lowest BCUT2D eigenvalue weighted by Crippen LogP contribution is -2.20. The molecule has 0 aliphatic rings. The Morgan fingerprint density at radius 3 is 2.62 bits per heavy atom. The van der Waals surface area contributed by atoms with Crippen LogP contribution in [0.15, 0.2) is 30.6 Å². The van der Waals surface area contributed by atoms with Gasteiger partial charge in [-0.15, -0.1) is 0 Å². The predicted molar refractivity (Wildman–Crippen MR) is 75.5 cm³/mol. The van der Waals surface area contributed by atoms with Gasteiger partial charge in [0.1, 0.15) is 5.75 Å². The van der Waals surface area contributed by atoms with Crippen LogP contribution in [0.1, 0.15) is 6.92 Å². The normalized spacial score (nSPS) is 11.8. The van der Waals surface area contributed by atoms with E-state index < -0.39 is 11.6 Å². The van der Waals surface area contributed by atoms with Crippen molar-refractivity contribution in [2.45, 2.75) is 11.8 Å². The van der Waals surface area contributed by atoms with E-state index in [9.17, 15) is 13.6 Å². The van der Waals surface area contributed by atoms with Crippen LogP contribution >= 0.6 is 15.9 Å². The van der Waals surface area contributed by atoms with Crippen LogP contribution in [0.2, 0.25) is 0 Å². The summed E-state index contributed by atoms with van der Waals surface area (Å²) in [6.07, 6.45) is 2.55. The summed E-state index contributed by atoms with van der Waals surface area (Å²) in [5.74, 6) is -1.81. The second kappa shape index (κ2) is 6.57. The van der Waals surface area contributed by atoms with Gasteiger partial charge in [-0.25, -0.2) is 18.7 Å². The van der Waals surface area contributed by atoms with Crippen molar-refractivity contribution < 1.29 is 18.3 Å². The van der Waals surface area contributed by atoms with E-state index in [2.05, 4.69) is 31.2 Å². The minimum absolute atomic E-state index is 0.0888. The second-order valence-electron chi connectivity index (χ2n) is 4.02. The molecule has 1 unspecified atom stereocenters. The molecule has 2 aromatic rings. The first kappa shape index (κ1) is 15.3. The molecule has 1 heterocycles. The fourth-order valence-electron chi connectivity index (χ4n) is 1.32. The molecule has 5 nitrogen and oxygen atoms in total. The number of hydrogen-bond acceptors (Lipinski definition) is 4. The highest BCUT2D eigenvalue weighted by atomic mass is 79.9. The molecule has 0 bridgehead atoms. The van der Waals surface area contributed by atoms with Gasteiger partial charge in [0, 0.05) is 6.07 Å². The maximum absolute atomic E-state index is 13.0. The van der Waals surface area contributed by atoms with Crippen molar-refractivity contribution in [3.8, 4) is 11.6 Å². The van der Waals surface area contributed by atoms with Crippen LogP contribution in [-0.2, 0) is 4.79 Å². The number of ether oxygens (including phenoxy) is 1. The molecule has 1 N–H and O–H groups in total. The zero-order chi connectivity index (χ0) is 15.4. The summed E-state index contributed by atoms with van der Waals surface area (Å²) in [5, 5.41) is 2.52. The van der Waals surface area contributed by atoms with E-state index in [1.54, 1.807) is 6.92 Å². The zero-order valence-corrected chi connectivity index (χ0v) is 12.4. The third-order valence-electron chi connectivity index (χ3n) is 2.35. The maximum atomic E-state index is 13.0. The molecule has 0 radical (unpaired) electrons. The highest BCUT2D eigenvalue weighted by Gasteiger charge is 2.10. The number of nitrogens with zero attached hydrogens (tertiary/aromatic N) is 2. The van der Waals surface area contributed by atoms with E-state index in [-0.39, 0.29) is 28.2 Å². The van der Waals surface area contributed by atoms with Crippen LogP contribution in [-0.4, -0.2) is 20.7 Å². The third-order valence-corrected chi connectivity index (χ3v) is 2.77. The molecule has 1 amide bonds. The molecule has 0 saturated carbocycles. The quantitative estimate of drug-likeness (QED) is 0.853. The number of carbonyl (C=O) groups excluding carboxylic acids is 1. The molecule has 0 saturated heterocycles. The number of alkyl halides is 1. The van der Waals surface area contributed by atoms with Crippen molar-refractivity contribution in [3.05, 3.63) is 42.2 Å². The number of halogens is 3. The van der Waals surface area contributed by atoms with Gasteiger partial charge >= 0.3 is 0 Å². The molecule has 1 aromatic carbocycles. The minimum atomic E-state index is -1.02. The van der Waals surface area contributed by atoms with E-state index in [1.165, 1.54) is 18.5 Å². The van der Waals surface area contributed by atoms with Gasteiger partial charge in [-0.2, -0.15) is 0 Å². The first-order valence-corrected chi connectivity index (χ1v) is 6.77. The van der Waals surface area contributed by atoms with Gasteiger partial charge in [-0.3, -0.25) is 4.79 Å². The molecule has 1 aromatic heterocycles. The molecule has 110 valence electrons. The van der Waals surface area contributed by atoms with Gasteiger partial charge in [0.05, 0.1) is 17.2 Å². The fourth-order valence-corrected chi connectivity index (χ4v) is 1.43. The molecule has 1 atom stereocenters. The minimum Gasteiger partial charge on any atom is -0.437 e. The number of nitrogens with one attached hydrogen (secondary N) is 1. The van der Waals surface area contributed by atoms with Gasteiger partial charge in [0.2, 0.25) is 11.8 Å². The summed E-state index contributed by atoms with van der Waals surface area (Å²) in [4.78, 5) is 18.9. The smallest absolute Gasteiger partial charge is 0.239 e. The van der Waals surface area contributed by atoms with Gasteiger partial charge in [0.15, 0.2) is 17.5 Å². The molecular formula is C13H10BrF2N3O2. The van der Waals surface area contributed by atoms with Crippen LogP contribution in [0, 0.1) is 11.6 Å². The molecule has 0 aliphatic carbocycles. The highest BCUT2D eigenvalue weighted by Crippen LogP contribution is 2.21. The Kier molecular flexibility index (Phi) is 4.79. The summed E-state index contributed by atoms with van der Waals surface area (Å²) >= 11 is 3.12. The summed E-state index contributed by atoms with van der Waals surface area (Å²) < 4.78 is 31.0. The van der Waals surface area contributed by atoms with Crippen molar-refractivity contribution in [1.82, 2.24) is 9.97 Å². The van der Waals surface area contributed by atoms with Crippen LogP contribution in [0.3, 0.4) is 0 Å². The first-order valence-electron chi connectivity index (χ1n) is 5.85.